The molecule has 0 spiro atoms. The quantitative estimate of drug-likeness (QED) is 0.793. The van der Waals surface area contributed by atoms with E-state index in [-0.39, 0.29) is 23.7 Å². The molecule has 1 aliphatic rings. The van der Waals surface area contributed by atoms with Gasteiger partial charge in [0.25, 0.3) is 0 Å². The molecule has 26 heavy (non-hydrogen) atoms. The highest BCUT2D eigenvalue weighted by atomic mass is 19.1. The molecule has 0 saturated heterocycles. The van der Waals surface area contributed by atoms with Gasteiger partial charge in [0.2, 0.25) is 5.95 Å². The van der Waals surface area contributed by atoms with E-state index in [2.05, 4.69) is 15.3 Å². The Bertz CT molecular complexity index is 858. The maximum absolute atomic E-state index is 13.9. The fourth-order valence-corrected chi connectivity index (χ4v) is 2.61. The first-order chi connectivity index (χ1) is 12.4. The lowest BCUT2D eigenvalue weighted by Crippen LogP contribution is -2.40. The first kappa shape index (κ1) is 17.8. The first-order valence-electron chi connectivity index (χ1n) is 8.35. The predicted octanol–water partition coefficient (Wildman–Crippen LogP) is 3.00. The van der Waals surface area contributed by atoms with Gasteiger partial charge in [-0.2, -0.15) is 4.39 Å². The predicted molar refractivity (Wildman–Crippen MR) is 95.0 cm³/mol. The van der Waals surface area contributed by atoms with Crippen LogP contribution in [0, 0.1) is 12.9 Å². The largest absolute Gasteiger partial charge is 0.328 e. The molecule has 2 aromatic rings. The van der Waals surface area contributed by atoms with Crippen LogP contribution in [0.1, 0.15) is 31.2 Å². The van der Waals surface area contributed by atoms with Crippen molar-refractivity contribution in [3.63, 3.8) is 0 Å². The van der Waals surface area contributed by atoms with Gasteiger partial charge in [0.1, 0.15) is 5.69 Å². The summed E-state index contributed by atoms with van der Waals surface area (Å²) in [6.45, 7) is 5.74. The van der Waals surface area contributed by atoms with Gasteiger partial charge in [0, 0.05) is 37.6 Å². The van der Waals surface area contributed by atoms with E-state index in [1.165, 1.54) is 15.8 Å². The second-order valence-electron chi connectivity index (χ2n) is 6.39. The normalized spacial score (nSPS) is 14.3. The van der Waals surface area contributed by atoms with Crippen molar-refractivity contribution in [1.29, 1.82) is 0 Å². The Hall–Kier alpha value is -3.03. The average molecular weight is 356 g/mol. The SMILES string of the molecule is Cc1c(C2C=CN(C(=O)N(C)C(C)C)C=C2)nnn1-c1cccnc1F. The third-order valence-corrected chi connectivity index (χ3v) is 4.42. The number of allylic oxidation sites excluding steroid dienone is 2. The highest BCUT2D eigenvalue weighted by Crippen LogP contribution is 2.25. The number of aromatic nitrogens is 4. The number of carbonyl (C=O) groups excluding carboxylic acids is 1. The smallest absolute Gasteiger partial charge is 0.325 e. The lowest BCUT2D eigenvalue weighted by molar-refractivity contribution is 0.180. The summed E-state index contributed by atoms with van der Waals surface area (Å²) in [6, 6.07) is 3.25. The molecule has 3 rings (SSSR count). The van der Waals surface area contributed by atoms with E-state index in [9.17, 15) is 9.18 Å². The van der Waals surface area contributed by atoms with E-state index >= 15 is 0 Å². The number of pyridine rings is 1. The first-order valence-corrected chi connectivity index (χ1v) is 8.35. The number of halogens is 1. The summed E-state index contributed by atoms with van der Waals surface area (Å²) < 4.78 is 15.3. The number of hydrogen-bond acceptors (Lipinski definition) is 4. The standard InChI is InChI=1S/C18H21FN6O/c1-12(2)23(4)18(26)24-10-7-14(8-11-24)16-13(3)25(22-21-16)15-6-5-9-20-17(15)19/h5-12,14H,1-4H3. The minimum Gasteiger partial charge on any atom is -0.325 e. The van der Waals surface area contributed by atoms with Crippen LogP contribution in [0.25, 0.3) is 5.69 Å². The van der Waals surface area contributed by atoms with Gasteiger partial charge in [0.05, 0.1) is 11.4 Å². The summed E-state index contributed by atoms with van der Waals surface area (Å²) in [5.41, 5.74) is 1.67. The molecule has 0 atom stereocenters. The fourth-order valence-electron chi connectivity index (χ4n) is 2.61. The highest BCUT2D eigenvalue weighted by molar-refractivity contribution is 5.77. The minimum absolute atomic E-state index is 0.108. The van der Waals surface area contributed by atoms with Crippen molar-refractivity contribution in [2.75, 3.05) is 7.05 Å². The van der Waals surface area contributed by atoms with E-state index in [0.717, 1.165) is 5.69 Å². The van der Waals surface area contributed by atoms with Crippen molar-refractivity contribution in [2.45, 2.75) is 32.7 Å². The Morgan fingerprint density at radius 2 is 2.00 bits per heavy atom. The maximum atomic E-state index is 13.9. The van der Waals surface area contributed by atoms with Crippen LogP contribution in [-0.4, -0.2) is 48.9 Å². The lowest BCUT2D eigenvalue weighted by atomic mass is 10.0. The number of rotatable bonds is 3. The van der Waals surface area contributed by atoms with Gasteiger partial charge in [-0.1, -0.05) is 17.4 Å². The van der Waals surface area contributed by atoms with Crippen molar-refractivity contribution in [3.05, 3.63) is 60.2 Å². The van der Waals surface area contributed by atoms with Crippen LogP contribution in [0.5, 0.6) is 0 Å². The van der Waals surface area contributed by atoms with Crippen molar-refractivity contribution in [3.8, 4) is 5.69 Å². The van der Waals surface area contributed by atoms with Gasteiger partial charge in [-0.25, -0.2) is 14.5 Å². The van der Waals surface area contributed by atoms with E-state index in [4.69, 9.17) is 0 Å². The molecule has 0 radical (unpaired) electrons. The van der Waals surface area contributed by atoms with Crippen LogP contribution in [0.3, 0.4) is 0 Å². The third-order valence-electron chi connectivity index (χ3n) is 4.42. The molecule has 0 bridgehead atoms. The van der Waals surface area contributed by atoms with E-state index < -0.39 is 5.95 Å². The maximum Gasteiger partial charge on any atom is 0.328 e. The number of nitrogens with zero attached hydrogens (tertiary/aromatic N) is 6. The van der Waals surface area contributed by atoms with Gasteiger partial charge < -0.3 is 4.90 Å². The Morgan fingerprint density at radius 1 is 1.31 bits per heavy atom. The van der Waals surface area contributed by atoms with Gasteiger partial charge in [-0.15, -0.1) is 5.10 Å². The summed E-state index contributed by atoms with van der Waals surface area (Å²) in [7, 11) is 1.76. The van der Waals surface area contributed by atoms with Crippen LogP contribution in [-0.2, 0) is 0 Å². The molecule has 0 N–H and O–H groups in total. The van der Waals surface area contributed by atoms with Crippen molar-refractivity contribution >= 4 is 6.03 Å². The molecule has 7 nitrogen and oxygen atoms in total. The third kappa shape index (κ3) is 3.22. The van der Waals surface area contributed by atoms with E-state index in [1.54, 1.807) is 36.5 Å². The van der Waals surface area contributed by atoms with E-state index in [1.807, 2.05) is 32.9 Å². The minimum atomic E-state index is -0.602. The summed E-state index contributed by atoms with van der Waals surface area (Å²) in [5.74, 6) is -0.743. The molecule has 2 aromatic heterocycles. The molecule has 1 aliphatic heterocycles. The van der Waals surface area contributed by atoms with Gasteiger partial charge in [-0.3, -0.25) is 4.90 Å². The Morgan fingerprint density at radius 3 is 2.62 bits per heavy atom. The molecule has 0 saturated carbocycles. The number of hydrogen-bond donors (Lipinski definition) is 0. The Kier molecular flexibility index (Phi) is 4.83. The van der Waals surface area contributed by atoms with Gasteiger partial charge in [-0.05, 0) is 32.9 Å². The number of amides is 2. The second-order valence-corrected chi connectivity index (χ2v) is 6.39. The van der Waals surface area contributed by atoms with Crippen molar-refractivity contribution in [2.24, 2.45) is 0 Å². The molecule has 2 amide bonds. The summed E-state index contributed by atoms with van der Waals surface area (Å²) in [4.78, 5) is 19.2. The highest BCUT2D eigenvalue weighted by Gasteiger charge is 2.23. The van der Waals surface area contributed by atoms with Crippen LogP contribution in [0.2, 0.25) is 0 Å². The molecule has 3 heterocycles. The molecule has 8 heteroatoms. The summed E-state index contributed by atoms with van der Waals surface area (Å²) >= 11 is 0. The molecule has 0 aromatic carbocycles. The van der Waals surface area contributed by atoms with Crippen LogP contribution in [0.4, 0.5) is 9.18 Å². The zero-order valence-corrected chi connectivity index (χ0v) is 15.2. The zero-order valence-electron chi connectivity index (χ0n) is 15.2. The number of carbonyl (C=O) groups is 1. The van der Waals surface area contributed by atoms with Crippen LogP contribution >= 0.6 is 0 Å². The second kappa shape index (κ2) is 7.07. The van der Waals surface area contributed by atoms with Crippen LogP contribution in [0.15, 0.2) is 42.9 Å². The lowest BCUT2D eigenvalue weighted by Gasteiger charge is -2.28. The van der Waals surface area contributed by atoms with Crippen molar-refractivity contribution < 1.29 is 9.18 Å². The molecular weight excluding hydrogens is 335 g/mol. The zero-order chi connectivity index (χ0) is 18.8. The molecular formula is C18H21FN6O. The topological polar surface area (TPSA) is 67.2 Å². The average Bonchev–Trinajstić information content (AvgIpc) is 3.02. The van der Waals surface area contributed by atoms with E-state index in [0.29, 0.717) is 5.69 Å². The number of urea groups is 1. The van der Waals surface area contributed by atoms with Gasteiger partial charge >= 0.3 is 6.03 Å². The molecule has 0 aliphatic carbocycles. The molecule has 136 valence electrons. The Balaban J connectivity index is 1.81. The van der Waals surface area contributed by atoms with Crippen molar-refractivity contribution in [1.82, 2.24) is 29.8 Å². The fraction of sp³-hybridized carbons (Fsp3) is 0.333. The summed E-state index contributed by atoms with van der Waals surface area (Å²) in [6.07, 6.45) is 8.56. The molecule has 0 fully saturated rings. The van der Waals surface area contributed by atoms with Crippen LogP contribution < -0.4 is 0 Å². The summed E-state index contributed by atoms with van der Waals surface area (Å²) in [5, 5.41) is 8.25. The molecule has 0 unspecified atom stereocenters. The Labute approximate surface area is 151 Å². The van der Waals surface area contributed by atoms with Gasteiger partial charge in [0.15, 0.2) is 0 Å². The monoisotopic (exact) mass is 356 g/mol.